The summed E-state index contributed by atoms with van der Waals surface area (Å²) in [5.41, 5.74) is 3.76. The molecule has 0 radical (unpaired) electrons. The van der Waals surface area contributed by atoms with Crippen LogP contribution < -0.4 is 4.90 Å². The van der Waals surface area contributed by atoms with Crippen LogP contribution in [0.4, 0.5) is 5.69 Å². The Bertz CT molecular complexity index is 1330. The van der Waals surface area contributed by atoms with Gasteiger partial charge in [-0.25, -0.2) is 4.98 Å². The number of amides is 2. The molecule has 6 nitrogen and oxygen atoms in total. The number of benzene rings is 3. The molecule has 1 aliphatic rings. The van der Waals surface area contributed by atoms with Crippen LogP contribution in [0, 0.1) is 0 Å². The summed E-state index contributed by atoms with van der Waals surface area (Å²) in [6.45, 7) is 5.40. The first kappa shape index (κ1) is 22.8. The van der Waals surface area contributed by atoms with Crippen LogP contribution in [-0.2, 0) is 22.7 Å². The Kier molecular flexibility index (Phi) is 6.36. The van der Waals surface area contributed by atoms with Crippen molar-refractivity contribution in [3.63, 3.8) is 0 Å². The van der Waals surface area contributed by atoms with E-state index in [1.165, 1.54) is 0 Å². The molecular weight excluding hydrogens is 436 g/mol. The highest BCUT2D eigenvalue weighted by atomic mass is 16.2. The third-order valence-corrected chi connectivity index (χ3v) is 6.59. The van der Waals surface area contributed by atoms with Crippen molar-refractivity contribution in [1.82, 2.24) is 14.5 Å². The summed E-state index contributed by atoms with van der Waals surface area (Å²) in [6, 6.07) is 27.7. The number of para-hydroxylation sites is 3. The van der Waals surface area contributed by atoms with E-state index >= 15 is 0 Å². The topological polar surface area (TPSA) is 58.4 Å². The Morgan fingerprint density at radius 1 is 0.971 bits per heavy atom. The van der Waals surface area contributed by atoms with Gasteiger partial charge in [-0.2, -0.15) is 0 Å². The van der Waals surface area contributed by atoms with Crippen LogP contribution >= 0.6 is 0 Å². The molecule has 2 amide bonds. The van der Waals surface area contributed by atoms with E-state index in [-0.39, 0.29) is 30.3 Å². The van der Waals surface area contributed by atoms with Gasteiger partial charge in [0, 0.05) is 37.2 Å². The van der Waals surface area contributed by atoms with Crippen LogP contribution in [0.3, 0.4) is 0 Å². The fourth-order valence-corrected chi connectivity index (χ4v) is 5.00. The zero-order chi connectivity index (χ0) is 24.4. The molecule has 1 atom stereocenters. The minimum Gasteiger partial charge on any atom is -0.338 e. The fourth-order valence-electron chi connectivity index (χ4n) is 5.00. The molecule has 35 heavy (non-hydrogen) atoms. The van der Waals surface area contributed by atoms with Crippen LogP contribution in [0.1, 0.15) is 37.6 Å². The van der Waals surface area contributed by atoms with Gasteiger partial charge in [-0.05, 0) is 43.7 Å². The Morgan fingerprint density at radius 3 is 2.34 bits per heavy atom. The molecule has 4 aromatic rings. The molecule has 1 saturated heterocycles. The first-order valence-electron chi connectivity index (χ1n) is 12.1. The Hall–Kier alpha value is -3.93. The maximum absolute atomic E-state index is 13.6. The first-order chi connectivity index (χ1) is 17.0. The number of nitrogens with zero attached hydrogens (tertiary/aromatic N) is 4. The van der Waals surface area contributed by atoms with Gasteiger partial charge in [-0.1, -0.05) is 60.7 Å². The van der Waals surface area contributed by atoms with Crippen molar-refractivity contribution in [2.24, 2.45) is 0 Å². The number of anilines is 1. The Labute approximate surface area is 205 Å². The van der Waals surface area contributed by atoms with E-state index in [0.29, 0.717) is 19.5 Å². The minimum atomic E-state index is -0.0596. The van der Waals surface area contributed by atoms with Crippen molar-refractivity contribution in [2.45, 2.75) is 45.3 Å². The molecule has 5 rings (SSSR count). The number of likely N-dealkylation sites (tertiary alicyclic amines) is 1. The number of aromatic nitrogens is 2. The van der Waals surface area contributed by atoms with E-state index in [0.717, 1.165) is 28.1 Å². The summed E-state index contributed by atoms with van der Waals surface area (Å²) in [5, 5.41) is 0. The molecule has 1 aliphatic heterocycles. The predicted molar refractivity (Wildman–Crippen MR) is 138 cm³/mol. The van der Waals surface area contributed by atoms with Crippen molar-refractivity contribution >= 4 is 28.5 Å². The van der Waals surface area contributed by atoms with Gasteiger partial charge < -0.3 is 14.4 Å². The predicted octanol–water partition coefficient (Wildman–Crippen LogP) is 4.99. The van der Waals surface area contributed by atoms with E-state index < -0.39 is 0 Å². The molecule has 0 N–H and O–H groups in total. The van der Waals surface area contributed by atoms with Gasteiger partial charge in [0.1, 0.15) is 12.4 Å². The van der Waals surface area contributed by atoms with E-state index in [4.69, 9.17) is 4.98 Å². The third kappa shape index (κ3) is 4.69. The Balaban J connectivity index is 1.45. The maximum atomic E-state index is 13.6. The number of rotatable bonds is 7. The standard InChI is InChI=1S/C29H30N4O2/c1-21(2)33(24-13-7-4-8-14-24)28(35)20-32-26-16-10-9-15-25(26)30-29(32)23-17-27(34)31(19-23)18-22-11-5-3-6-12-22/h3-16,21,23H,17-20H2,1-2H3/t23-/m0/s1. The number of hydrogen-bond donors (Lipinski definition) is 0. The molecule has 0 spiro atoms. The molecule has 0 unspecified atom stereocenters. The highest BCUT2D eigenvalue weighted by Gasteiger charge is 2.34. The van der Waals surface area contributed by atoms with Gasteiger partial charge in [0.05, 0.1) is 11.0 Å². The molecule has 1 aromatic heterocycles. The number of carbonyl (C=O) groups is 2. The van der Waals surface area contributed by atoms with Crippen molar-refractivity contribution in [2.75, 3.05) is 11.4 Å². The lowest BCUT2D eigenvalue weighted by Crippen LogP contribution is -2.39. The highest BCUT2D eigenvalue weighted by molar-refractivity contribution is 5.94. The van der Waals surface area contributed by atoms with E-state index in [9.17, 15) is 9.59 Å². The van der Waals surface area contributed by atoms with Crippen LogP contribution in [0.15, 0.2) is 84.9 Å². The lowest BCUT2D eigenvalue weighted by molar-refractivity contribution is -0.128. The van der Waals surface area contributed by atoms with E-state index in [1.54, 1.807) is 0 Å². The average molecular weight is 467 g/mol. The van der Waals surface area contributed by atoms with Crippen LogP contribution in [0.2, 0.25) is 0 Å². The largest absolute Gasteiger partial charge is 0.338 e. The molecule has 2 heterocycles. The van der Waals surface area contributed by atoms with E-state index in [1.807, 2.05) is 113 Å². The molecule has 0 saturated carbocycles. The van der Waals surface area contributed by atoms with Crippen molar-refractivity contribution in [1.29, 1.82) is 0 Å². The smallest absolute Gasteiger partial charge is 0.247 e. The zero-order valence-electron chi connectivity index (χ0n) is 20.2. The fraction of sp³-hybridized carbons (Fsp3) is 0.276. The number of fused-ring (bicyclic) bond motifs is 1. The van der Waals surface area contributed by atoms with Gasteiger partial charge in [0.2, 0.25) is 11.8 Å². The summed E-state index contributed by atoms with van der Waals surface area (Å²) in [4.78, 5) is 35.2. The molecule has 3 aromatic carbocycles. The molecule has 6 heteroatoms. The summed E-state index contributed by atoms with van der Waals surface area (Å²) < 4.78 is 2.01. The van der Waals surface area contributed by atoms with Gasteiger partial charge >= 0.3 is 0 Å². The summed E-state index contributed by atoms with van der Waals surface area (Å²) in [7, 11) is 0. The summed E-state index contributed by atoms with van der Waals surface area (Å²) >= 11 is 0. The number of hydrogen-bond acceptors (Lipinski definition) is 3. The number of carbonyl (C=O) groups excluding carboxylic acids is 2. The van der Waals surface area contributed by atoms with Crippen LogP contribution in [0.5, 0.6) is 0 Å². The zero-order valence-corrected chi connectivity index (χ0v) is 20.2. The second kappa shape index (κ2) is 9.74. The maximum Gasteiger partial charge on any atom is 0.247 e. The van der Waals surface area contributed by atoms with Crippen molar-refractivity contribution in [3.05, 3.63) is 96.3 Å². The quantitative estimate of drug-likeness (QED) is 0.385. The third-order valence-electron chi connectivity index (χ3n) is 6.59. The SMILES string of the molecule is CC(C)N(C(=O)Cn1c([C@H]2CC(=O)N(Cc3ccccc3)C2)nc2ccccc21)c1ccccc1. The second-order valence-corrected chi connectivity index (χ2v) is 9.40. The average Bonchev–Trinajstić information content (AvgIpc) is 3.40. The van der Waals surface area contributed by atoms with Gasteiger partial charge in [0.25, 0.3) is 0 Å². The first-order valence-corrected chi connectivity index (χ1v) is 12.1. The van der Waals surface area contributed by atoms with E-state index in [2.05, 4.69) is 0 Å². The normalized spacial score (nSPS) is 15.8. The molecule has 178 valence electrons. The lowest BCUT2D eigenvalue weighted by Gasteiger charge is -2.27. The molecule has 0 bridgehead atoms. The highest BCUT2D eigenvalue weighted by Crippen LogP contribution is 2.31. The molecular formula is C29H30N4O2. The summed E-state index contributed by atoms with van der Waals surface area (Å²) in [6.07, 6.45) is 0.400. The monoisotopic (exact) mass is 466 g/mol. The van der Waals surface area contributed by atoms with Gasteiger partial charge in [-0.3, -0.25) is 9.59 Å². The van der Waals surface area contributed by atoms with Gasteiger partial charge in [-0.15, -0.1) is 0 Å². The molecule has 0 aliphatic carbocycles. The minimum absolute atomic E-state index is 0.000989. The second-order valence-electron chi connectivity index (χ2n) is 9.40. The Morgan fingerprint density at radius 2 is 1.63 bits per heavy atom. The summed E-state index contributed by atoms with van der Waals surface area (Å²) in [5.74, 6) is 0.869. The van der Waals surface area contributed by atoms with Crippen LogP contribution in [0.25, 0.3) is 11.0 Å². The van der Waals surface area contributed by atoms with Crippen LogP contribution in [-0.4, -0.2) is 38.9 Å². The lowest BCUT2D eigenvalue weighted by atomic mass is 10.1. The van der Waals surface area contributed by atoms with Crippen molar-refractivity contribution in [3.8, 4) is 0 Å². The van der Waals surface area contributed by atoms with Crippen molar-refractivity contribution < 1.29 is 9.59 Å². The molecule has 1 fully saturated rings. The van der Waals surface area contributed by atoms with Gasteiger partial charge in [0.15, 0.2) is 0 Å². The number of imidazole rings is 1.